The van der Waals surface area contributed by atoms with Crippen molar-refractivity contribution in [1.82, 2.24) is 0 Å². The van der Waals surface area contributed by atoms with Gasteiger partial charge in [-0.3, -0.25) is 9.59 Å². The van der Waals surface area contributed by atoms with Gasteiger partial charge in [-0.15, -0.1) is 0 Å². The van der Waals surface area contributed by atoms with Gasteiger partial charge in [0.2, 0.25) is 5.91 Å². The van der Waals surface area contributed by atoms with Gasteiger partial charge < -0.3 is 10.0 Å². The number of hydrogen-bond acceptors (Lipinski definition) is 2. The van der Waals surface area contributed by atoms with E-state index >= 15 is 0 Å². The van der Waals surface area contributed by atoms with Gasteiger partial charge >= 0.3 is 5.97 Å². The first kappa shape index (κ1) is 15.5. The highest BCUT2D eigenvalue weighted by Crippen LogP contribution is 2.40. The zero-order valence-electron chi connectivity index (χ0n) is 12.8. The summed E-state index contributed by atoms with van der Waals surface area (Å²) in [6, 6.07) is 7.66. The molecular weight excluding hydrogens is 266 g/mol. The number of carbonyl (C=O) groups excluding carboxylic acids is 1. The predicted octanol–water partition coefficient (Wildman–Crippen LogP) is 3.38. The molecule has 1 aliphatic rings. The van der Waals surface area contributed by atoms with Crippen molar-refractivity contribution in [2.24, 2.45) is 5.41 Å². The summed E-state index contributed by atoms with van der Waals surface area (Å²) < 4.78 is 0. The van der Waals surface area contributed by atoms with E-state index in [1.54, 1.807) is 4.90 Å². The van der Waals surface area contributed by atoms with E-state index in [1.807, 2.05) is 38.1 Å². The van der Waals surface area contributed by atoms with Crippen molar-refractivity contribution in [3.05, 3.63) is 29.8 Å². The van der Waals surface area contributed by atoms with Crippen LogP contribution in [0.2, 0.25) is 0 Å². The van der Waals surface area contributed by atoms with Crippen molar-refractivity contribution in [2.45, 2.75) is 46.0 Å². The zero-order chi connectivity index (χ0) is 15.5. The van der Waals surface area contributed by atoms with E-state index in [1.165, 1.54) is 0 Å². The maximum atomic E-state index is 13.0. The van der Waals surface area contributed by atoms with Gasteiger partial charge in [-0.25, -0.2) is 0 Å². The second kappa shape index (κ2) is 6.29. The summed E-state index contributed by atoms with van der Waals surface area (Å²) in [4.78, 5) is 25.5. The number of hydrogen-bond donors (Lipinski definition) is 1. The van der Waals surface area contributed by atoms with Crippen LogP contribution < -0.4 is 4.90 Å². The fraction of sp³-hybridized carbons (Fsp3) is 0.529. The molecule has 0 heterocycles. The Labute approximate surface area is 125 Å². The molecule has 0 bridgehead atoms. The molecule has 1 aromatic rings. The van der Waals surface area contributed by atoms with Gasteiger partial charge in [0.1, 0.15) is 0 Å². The summed E-state index contributed by atoms with van der Waals surface area (Å²) in [5.74, 6) is -0.812. The van der Waals surface area contributed by atoms with Crippen molar-refractivity contribution in [3.8, 4) is 0 Å². The molecule has 0 aromatic heterocycles. The van der Waals surface area contributed by atoms with Crippen molar-refractivity contribution < 1.29 is 14.7 Å². The van der Waals surface area contributed by atoms with Crippen LogP contribution in [0.5, 0.6) is 0 Å². The summed E-state index contributed by atoms with van der Waals surface area (Å²) in [6.07, 6.45) is 3.89. The number of carbonyl (C=O) groups is 2. The minimum atomic E-state index is -0.877. The highest BCUT2D eigenvalue weighted by atomic mass is 16.4. The summed E-state index contributed by atoms with van der Waals surface area (Å²) in [6.45, 7) is 4.19. The maximum Gasteiger partial charge on any atom is 0.305 e. The molecule has 1 saturated carbocycles. The molecule has 114 valence electrons. The number of nitrogens with zero attached hydrogens (tertiary/aromatic N) is 1. The lowest BCUT2D eigenvalue weighted by Gasteiger charge is -2.32. The lowest BCUT2D eigenvalue weighted by atomic mass is 9.86. The largest absolute Gasteiger partial charge is 0.481 e. The van der Waals surface area contributed by atoms with Gasteiger partial charge in [0.15, 0.2) is 0 Å². The molecule has 4 heteroatoms. The second-order valence-electron chi connectivity index (χ2n) is 6.15. The highest BCUT2D eigenvalue weighted by Gasteiger charge is 2.39. The normalized spacial score (nSPS) is 16.7. The van der Waals surface area contributed by atoms with E-state index in [2.05, 4.69) is 0 Å². The summed E-state index contributed by atoms with van der Waals surface area (Å²) in [5.41, 5.74) is 1.48. The Kier molecular flexibility index (Phi) is 4.66. The number of aliphatic carboxylic acids is 1. The summed E-state index contributed by atoms with van der Waals surface area (Å²) in [5, 5.41) is 8.95. The molecule has 0 spiro atoms. The zero-order valence-corrected chi connectivity index (χ0v) is 12.8. The monoisotopic (exact) mass is 289 g/mol. The van der Waals surface area contributed by atoms with Gasteiger partial charge in [0.25, 0.3) is 0 Å². The van der Waals surface area contributed by atoms with Crippen LogP contribution in [0.15, 0.2) is 24.3 Å². The molecule has 0 aliphatic heterocycles. The third-order valence-corrected chi connectivity index (χ3v) is 4.42. The van der Waals surface area contributed by atoms with Gasteiger partial charge in [-0.05, 0) is 31.4 Å². The number of amides is 1. The third kappa shape index (κ3) is 3.43. The van der Waals surface area contributed by atoms with Gasteiger partial charge in [0, 0.05) is 17.6 Å². The Morgan fingerprint density at radius 3 is 2.43 bits per heavy atom. The molecule has 0 unspecified atom stereocenters. The first-order valence-electron chi connectivity index (χ1n) is 7.53. The number of carboxylic acids is 1. The van der Waals surface area contributed by atoms with E-state index in [-0.39, 0.29) is 24.3 Å². The third-order valence-electron chi connectivity index (χ3n) is 4.42. The van der Waals surface area contributed by atoms with Crippen LogP contribution in [0, 0.1) is 12.3 Å². The topological polar surface area (TPSA) is 57.6 Å². The Balaban J connectivity index is 2.29. The number of benzene rings is 1. The van der Waals surface area contributed by atoms with Crippen molar-refractivity contribution in [2.75, 3.05) is 11.4 Å². The number of aryl methyl sites for hydroxylation is 1. The molecule has 1 aliphatic carbocycles. The van der Waals surface area contributed by atoms with Crippen LogP contribution in [0.3, 0.4) is 0 Å². The Morgan fingerprint density at radius 2 is 1.86 bits per heavy atom. The minimum Gasteiger partial charge on any atom is -0.481 e. The molecule has 2 rings (SSSR count). The van der Waals surface area contributed by atoms with Gasteiger partial charge in [-0.1, -0.05) is 38.0 Å². The lowest BCUT2D eigenvalue weighted by molar-refractivity contribution is -0.136. The molecule has 1 amide bonds. The standard InChI is InChI=1S/C17H23NO3/c1-13-7-3-4-8-14(13)18(12-9-15(19)20)16(21)17(2)10-5-6-11-17/h3-4,7-8H,5-6,9-12H2,1-2H3,(H,19,20). The summed E-state index contributed by atoms with van der Waals surface area (Å²) in [7, 11) is 0. The molecule has 1 N–H and O–H groups in total. The highest BCUT2D eigenvalue weighted by molar-refractivity contribution is 5.98. The fourth-order valence-corrected chi connectivity index (χ4v) is 3.10. The maximum absolute atomic E-state index is 13.0. The van der Waals surface area contributed by atoms with E-state index in [9.17, 15) is 9.59 Å². The van der Waals surface area contributed by atoms with Gasteiger partial charge in [0.05, 0.1) is 6.42 Å². The number of carboxylic acid groups (broad SMARTS) is 1. The molecule has 0 radical (unpaired) electrons. The number of para-hydroxylation sites is 1. The van der Waals surface area contributed by atoms with Crippen LogP contribution in [-0.2, 0) is 9.59 Å². The molecule has 1 fully saturated rings. The van der Waals surface area contributed by atoms with Crippen molar-refractivity contribution in [3.63, 3.8) is 0 Å². The molecule has 0 saturated heterocycles. The Hall–Kier alpha value is -1.84. The van der Waals surface area contributed by atoms with Crippen LogP contribution in [0.1, 0.15) is 44.6 Å². The van der Waals surface area contributed by atoms with Crippen LogP contribution in [-0.4, -0.2) is 23.5 Å². The number of rotatable bonds is 5. The number of anilines is 1. The van der Waals surface area contributed by atoms with Crippen molar-refractivity contribution >= 4 is 17.6 Å². The van der Waals surface area contributed by atoms with Crippen LogP contribution in [0.4, 0.5) is 5.69 Å². The molecule has 21 heavy (non-hydrogen) atoms. The summed E-state index contributed by atoms with van der Waals surface area (Å²) >= 11 is 0. The Bertz CT molecular complexity index is 533. The van der Waals surface area contributed by atoms with E-state index < -0.39 is 5.97 Å². The van der Waals surface area contributed by atoms with Crippen LogP contribution in [0.25, 0.3) is 0 Å². The smallest absolute Gasteiger partial charge is 0.305 e. The molecule has 1 aromatic carbocycles. The quantitative estimate of drug-likeness (QED) is 0.904. The van der Waals surface area contributed by atoms with E-state index in [4.69, 9.17) is 5.11 Å². The van der Waals surface area contributed by atoms with E-state index in [0.29, 0.717) is 0 Å². The average molecular weight is 289 g/mol. The second-order valence-corrected chi connectivity index (χ2v) is 6.15. The van der Waals surface area contributed by atoms with Crippen LogP contribution >= 0.6 is 0 Å². The molecular formula is C17H23NO3. The van der Waals surface area contributed by atoms with Gasteiger partial charge in [-0.2, -0.15) is 0 Å². The van der Waals surface area contributed by atoms with E-state index in [0.717, 1.165) is 36.9 Å². The molecule has 4 nitrogen and oxygen atoms in total. The SMILES string of the molecule is Cc1ccccc1N(CCC(=O)O)C(=O)C1(C)CCCC1. The lowest BCUT2D eigenvalue weighted by Crippen LogP contribution is -2.42. The first-order valence-corrected chi connectivity index (χ1v) is 7.53. The van der Waals surface area contributed by atoms with Crippen molar-refractivity contribution in [1.29, 1.82) is 0 Å². The first-order chi connectivity index (χ1) is 9.94. The predicted molar refractivity (Wildman–Crippen MR) is 82.4 cm³/mol. The fourth-order valence-electron chi connectivity index (χ4n) is 3.10. The molecule has 0 atom stereocenters. The Morgan fingerprint density at radius 1 is 1.24 bits per heavy atom. The average Bonchev–Trinajstić information content (AvgIpc) is 2.88. The minimum absolute atomic E-state index is 0.0316.